The number of rotatable bonds is 5. The molecule has 1 aliphatic rings. The number of fused-ring (bicyclic) bond motifs is 1. The van der Waals surface area contributed by atoms with E-state index in [1.165, 1.54) is 0 Å². The summed E-state index contributed by atoms with van der Waals surface area (Å²) in [5, 5.41) is 4.12. The van der Waals surface area contributed by atoms with E-state index in [-0.39, 0.29) is 12.0 Å². The number of amides is 1. The van der Waals surface area contributed by atoms with Gasteiger partial charge in [0.05, 0.1) is 18.0 Å². The smallest absolute Gasteiger partial charge is 0.224 e. The van der Waals surface area contributed by atoms with E-state index in [4.69, 9.17) is 9.72 Å². The number of benzene rings is 2. The van der Waals surface area contributed by atoms with Gasteiger partial charge in [-0.25, -0.2) is 0 Å². The van der Waals surface area contributed by atoms with Gasteiger partial charge in [-0.15, -0.1) is 0 Å². The molecule has 1 fully saturated rings. The number of hydrogen-bond donors (Lipinski definition) is 1. The fourth-order valence-corrected chi connectivity index (χ4v) is 3.78. The van der Waals surface area contributed by atoms with Crippen LogP contribution in [0.5, 0.6) is 0 Å². The van der Waals surface area contributed by atoms with Crippen LogP contribution in [0.15, 0.2) is 54.6 Å². The standard InChI is InChI=1S/C23H24N2O2/c1-16-20(14-22(26)24-15-18-10-7-13-27-18)23(17-8-3-2-4-9-17)19-11-5-6-12-21(19)25-16/h2-6,8-9,11-12,18H,7,10,13-15H2,1H3,(H,24,26)/t18-/m1/s1. The largest absolute Gasteiger partial charge is 0.376 e. The molecule has 0 saturated carbocycles. The Morgan fingerprint density at radius 2 is 1.93 bits per heavy atom. The molecule has 1 aliphatic heterocycles. The molecular weight excluding hydrogens is 336 g/mol. The highest BCUT2D eigenvalue weighted by atomic mass is 16.5. The predicted octanol–water partition coefficient (Wildman–Crippen LogP) is 4.05. The number of carbonyl (C=O) groups excluding carboxylic acids is 1. The van der Waals surface area contributed by atoms with Crippen molar-refractivity contribution < 1.29 is 9.53 Å². The highest BCUT2D eigenvalue weighted by Gasteiger charge is 2.19. The third kappa shape index (κ3) is 3.86. The molecule has 4 nitrogen and oxygen atoms in total. The second kappa shape index (κ2) is 7.89. The number of aromatic nitrogens is 1. The topological polar surface area (TPSA) is 51.2 Å². The quantitative estimate of drug-likeness (QED) is 0.747. The van der Waals surface area contributed by atoms with Crippen molar-refractivity contribution >= 4 is 16.8 Å². The number of ether oxygens (including phenoxy) is 1. The molecule has 4 rings (SSSR count). The highest BCUT2D eigenvalue weighted by molar-refractivity contribution is 5.98. The average molecular weight is 360 g/mol. The molecule has 138 valence electrons. The maximum atomic E-state index is 12.6. The average Bonchev–Trinajstić information content (AvgIpc) is 3.21. The zero-order valence-electron chi connectivity index (χ0n) is 15.6. The van der Waals surface area contributed by atoms with Crippen LogP contribution in [0.4, 0.5) is 0 Å². The highest BCUT2D eigenvalue weighted by Crippen LogP contribution is 2.33. The number of para-hydroxylation sites is 1. The SMILES string of the molecule is Cc1nc2ccccc2c(-c2ccccc2)c1CC(=O)NC[C@H]1CCCO1. The maximum absolute atomic E-state index is 12.6. The van der Waals surface area contributed by atoms with E-state index >= 15 is 0 Å². The van der Waals surface area contributed by atoms with Gasteiger partial charge in [-0.05, 0) is 42.5 Å². The van der Waals surface area contributed by atoms with Gasteiger partial charge in [0.2, 0.25) is 5.91 Å². The molecule has 3 aromatic rings. The Morgan fingerprint density at radius 1 is 1.15 bits per heavy atom. The van der Waals surface area contributed by atoms with Gasteiger partial charge in [0.25, 0.3) is 0 Å². The summed E-state index contributed by atoms with van der Waals surface area (Å²) in [7, 11) is 0. The molecule has 0 aliphatic carbocycles. The number of aryl methyl sites for hydroxylation is 1. The molecule has 4 heteroatoms. The van der Waals surface area contributed by atoms with Gasteiger partial charge in [-0.2, -0.15) is 0 Å². The summed E-state index contributed by atoms with van der Waals surface area (Å²) in [6.45, 7) is 3.37. The molecule has 0 radical (unpaired) electrons. The molecule has 0 spiro atoms. The van der Waals surface area contributed by atoms with E-state index in [2.05, 4.69) is 23.5 Å². The van der Waals surface area contributed by atoms with Crippen LogP contribution in [0.2, 0.25) is 0 Å². The van der Waals surface area contributed by atoms with Crippen molar-refractivity contribution in [2.24, 2.45) is 0 Å². The first-order valence-electron chi connectivity index (χ1n) is 9.54. The van der Waals surface area contributed by atoms with Gasteiger partial charge in [0.1, 0.15) is 0 Å². The molecule has 1 N–H and O–H groups in total. The first-order valence-corrected chi connectivity index (χ1v) is 9.54. The molecule has 1 aromatic heterocycles. The Morgan fingerprint density at radius 3 is 2.70 bits per heavy atom. The molecule has 2 aromatic carbocycles. The van der Waals surface area contributed by atoms with Crippen molar-refractivity contribution in [3.8, 4) is 11.1 Å². The Hall–Kier alpha value is -2.72. The number of hydrogen-bond acceptors (Lipinski definition) is 3. The van der Waals surface area contributed by atoms with Crippen molar-refractivity contribution in [2.45, 2.75) is 32.3 Å². The van der Waals surface area contributed by atoms with E-state index in [0.717, 1.165) is 52.7 Å². The fourth-order valence-electron chi connectivity index (χ4n) is 3.78. The van der Waals surface area contributed by atoms with Crippen molar-refractivity contribution in [3.63, 3.8) is 0 Å². The number of nitrogens with one attached hydrogen (secondary N) is 1. The third-order valence-electron chi connectivity index (χ3n) is 5.15. The van der Waals surface area contributed by atoms with E-state index in [9.17, 15) is 4.79 Å². The van der Waals surface area contributed by atoms with Crippen LogP contribution in [0, 0.1) is 6.92 Å². The van der Waals surface area contributed by atoms with E-state index < -0.39 is 0 Å². The number of nitrogens with zero attached hydrogens (tertiary/aromatic N) is 1. The molecule has 27 heavy (non-hydrogen) atoms. The first kappa shape index (κ1) is 17.7. The van der Waals surface area contributed by atoms with Crippen LogP contribution in [-0.4, -0.2) is 30.1 Å². The fraction of sp³-hybridized carbons (Fsp3) is 0.304. The molecular formula is C23H24N2O2. The van der Waals surface area contributed by atoms with Gasteiger partial charge in [-0.3, -0.25) is 9.78 Å². The van der Waals surface area contributed by atoms with Crippen molar-refractivity contribution in [1.29, 1.82) is 0 Å². The second-order valence-corrected chi connectivity index (χ2v) is 7.05. The monoisotopic (exact) mass is 360 g/mol. The summed E-state index contributed by atoms with van der Waals surface area (Å²) in [5.41, 5.74) is 5.06. The van der Waals surface area contributed by atoms with Crippen LogP contribution >= 0.6 is 0 Å². The van der Waals surface area contributed by atoms with Crippen LogP contribution < -0.4 is 5.32 Å². The molecule has 0 unspecified atom stereocenters. The summed E-state index contributed by atoms with van der Waals surface area (Å²) < 4.78 is 5.60. The van der Waals surface area contributed by atoms with Crippen LogP contribution in [-0.2, 0) is 16.0 Å². The maximum Gasteiger partial charge on any atom is 0.224 e. The summed E-state index contributed by atoms with van der Waals surface area (Å²) in [4.78, 5) is 17.4. The van der Waals surface area contributed by atoms with Crippen molar-refractivity contribution in [2.75, 3.05) is 13.2 Å². The second-order valence-electron chi connectivity index (χ2n) is 7.05. The lowest BCUT2D eigenvalue weighted by atomic mass is 9.92. The van der Waals surface area contributed by atoms with E-state index in [1.807, 2.05) is 43.3 Å². The normalized spacial score (nSPS) is 16.6. The zero-order chi connectivity index (χ0) is 18.6. The first-order chi connectivity index (χ1) is 13.2. The summed E-state index contributed by atoms with van der Waals surface area (Å²) in [6.07, 6.45) is 2.57. The van der Waals surface area contributed by atoms with Gasteiger partial charge in [0.15, 0.2) is 0 Å². The molecule has 1 atom stereocenters. The lowest BCUT2D eigenvalue weighted by molar-refractivity contribution is -0.120. The lowest BCUT2D eigenvalue weighted by Gasteiger charge is -2.17. The molecule has 1 saturated heterocycles. The minimum absolute atomic E-state index is 0.0165. The summed E-state index contributed by atoms with van der Waals surface area (Å²) in [5.74, 6) is 0.0165. The number of carbonyl (C=O) groups is 1. The van der Waals surface area contributed by atoms with Crippen molar-refractivity contribution in [1.82, 2.24) is 10.3 Å². The van der Waals surface area contributed by atoms with Crippen LogP contribution in [0.3, 0.4) is 0 Å². The zero-order valence-corrected chi connectivity index (χ0v) is 15.6. The summed E-state index contributed by atoms with van der Waals surface area (Å²) >= 11 is 0. The Labute approximate surface area is 159 Å². The molecule has 2 heterocycles. The number of pyridine rings is 1. The van der Waals surface area contributed by atoms with Gasteiger partial charge in [0, 0.05) is 24.2 Å². The minimum Gasteiger partial charge on any atom is -0.376 e. The van der Waals surface area contributed by atoms with E-state index in [0.29, 0.717) is 13.0 Å². The third-order valence-corrected chi connectivity index (χ3v) is 5.15. The van der Waals surface area contributed by atoms with Gasteiger partial charge in [-0.1, -0.05) is 48.5 Å². The van der Waals surface area contributed by atoms with Crippen LogP contribution in [0.1, 0.15) is 24.1 Å². The summed E-state index contributed by atoms with van der Waals surface area (Å²) in [6, 6.07) is 18.4. The van der Waals surface area contributed by atoms with E-state index in [1.54, 1.807) is 0 Å². The lowest BCUT2D eigenvalue weighted by Crippen LogP contribution is -2.33. The van der Waals surface area contributed by atoms with Gasteiger partial charge >= 0.3 is 0 Å². The molecule has 1 amide bonds. The van der Waals surface area contributed by atoms with Gasteiger partial charge < -0.3 is 10.1 Å². The predicted molar refractivity (Wildman–Crippen MR) is 108 cm³/mol. The van der Waals surface area contributed by atoms with Crippen LogP contribution in [0.25, 0.3) is 22.0 Å². The molecule has 0 bridgehead atoms. The Kier molecular flexibility index (Phi) is 5.16. The Balaban J connectivity index is 1.68. The minimum atomic E-state index is 0.0165. The Bertz CT molecular complexity index is 947. The van der Waals surface area contributed by atoms with Crippen molar-refractivity contribution in [3.05, 3.63) is 65.9 Å².